The number of benzene rings is 1. The maximum Gasteiger partial charge on any atom is 0.284 e. The first kappa shape index (κ1) is 17.9. The molecule has 0 aliphatic rings. The van der Waals surface area contributed by atoms with Crippen molar-refractivity contribution in [3.05, 3.63) is 45.4 Å². The van der Waals surface area contributed by atoms with Crippen LogP contribution in [0.1, 0.15) is 35.4 Å². The summed E-state index contributed by atoms with van der Waals surface area (Å²) in [6.07, 6.45) is -0.251. The number of halogens is 1. The number of hydrogen-bond acceptors (Lipinski definition) is 6. The van der Waals surface area contributed by atoms with E-state index in [1.807, 2.05) is 18.6 Å². The van der Waals surface area contributed by atoms with Gasteiger partial charge in [-0.2, -0.15) is 0 Å². The monoisotopic (exact) mass is 374 g/mol. The molecule has 0 aliphatic heterocycles. The standard InChI is InChI=1S/C14H15ClN2O4S2/c1-3-21-9(2)14-16-12(8-22-14)13(18)17-23(19,20)11-6-4-10(15)5-7-11/h4-9H,3H2,1-2H3,(H,17,18). The Morgan fingerprint density at radius 1 is 1.39 bits per heavy atom. The van der Waals surface area contributed by atoms with Crippen molar-refractivity contribution in [1.29, 1.82) is 0 Å². The predicted octanol–water partition coefficient (Wildman–Crippen LogP) is 3.01. The minimum absolute atomic E-state index is 0.0362. The second-order valence-corrected chi connectivity index (χ2v) is 7.57. The number of amides is 1. The molecule has 1 N–H and O–H groups in total. The fraction of sp³-hybridized carbons (Fsp3) is 0.286. The lowest BCUT2D eigenvalue weighted by molar-refractivity contribution is 0.0760. The lowest BCUT2D eigenvalue weighted by Crippen LogP contribution is -2.30. The van der Waals surface area contributed by atoms with Crippen LogP contribution in [0, 0.1) is 0 Å². The van der Waals surface area contributed by atoms with Crippen LogP contribution in [0.5, 0.6) is 0 Å². The van der Waals surface area contributed by atoms with Gasteiger partial charge in [-0.3, -0.25) is 4.79 Å². The highest BCUT2D eigenvalue weighted by Crippen LogP contribution is 2.21. The van der Waals surface area contributed by atoms with Gasteiger partial charge in [-0.25, -0.2) is 18.1 Å². The Hall–Kier alpha value is -1.48. The molecule has 9 heteroatoms. The van der Waals surface area contributed by atoms with Crippen LogP contribution in [0.3, 0.4) is 0 Å². The molecule has 0 bridgehead atoms. The quantitative estimate of drug-likeness (QED) is 0.839. The summed E-state index contributed by atoms with van der Waals surface area (Å²) in [4.78, 5) is 16.2. The van der Waals surface area contributed by atoms with Gasteiger partial charge in [0.15, 0.2) is 0 Å². The molecule has 0 aliphatic carbocycles. The van der Waals surface area contributed by atoms with Gasteiger partial charge in [0.25, 0.3) is 15.9 Å². The smallest absolute Gasteiger partial charge is 0.284 e. The predicted molar refractivity (Wildman–Crippen MR) is 88.3 cm³/mol. The third-order valence-corrected chi connectivity index (χ3v) is 5.47. The third kappa shape index (κ3) is 4.51. The Balaban J connectivity index is 2.14. The topological polar surface area (TPSA) is 85.4 Å². The number of aromatic nitrogens is 1. The zero-order valence-corrected chi connectivity index (χ0v) is 14.8. The maximum absolute atomic E-state index is 12.1. The van der Waals surface area contributed by atoms with E-state index in [1.54, 1.807) is 0 Å². The molecule has 2 aromatic rings. The van der Waals surface area contributed by atoms with Gasteiger partial charge in [-0.15, -0.1) is 11.3 Å². The number of ether oxygens (including phenoxy) is 1. The number of nitrogens with one attached hydrogen (secondary N) is 1. The van der Waals surface area contributed by atoms with Gasteiger partial charge in [-0.1, -0.05) is 11.6 Å². The molecular weight excluding hydrogens is 360 g/mol. The molecule has 1 aromatic heterocycles. The zero-order chi connectivity index (χ0) is 17.0. The van der Waals surface area contributed by atoms with Gasteiger partial charge in [0, 0.05) is 17.0 Å². The van der Waals surface area contributed by atoms with E-state index in [0.29, 0.717) is 16.6 Å². The molecule has 0 spiro atoms. The first-order valence-electron chi connectivity index (χ1n) is 6.73. The van der Waals surface area contributed by atoms with Crippen LogP contribution in [0.2, 0.25) is 5.02 Å². The van der Waals surface area contributed by atoms with Crippen LogP contribution < -0.4 is 4.72 Å². The lowest BCUT2D eigenvalue weighted by atomic mass is 10.4. The van der Waals surface area contributed by atoms with E-state index >= 15 is 0 Å². The van der Waals surface area contributed by atoms with E-state index in [9.17, 15) is 13.2 Å². The molecule has 0 radical (unpaired) electrons. The third-order valence-electron chi connectivity index (χ3n) is 2.87. The molecule has 1 atom stereocenters. The Morgan fingerprint density at radius 3 is 2.65 bits per heavy atom. The molecular formula is C14H15ClN2O4S2. The van der Waals surface area contributed by atoms with Crippen molar-refractivity contribution in [1.82, 2.24) is 9.71 Å². The van der Waals surface area contributed by atoms with E-state index in [0.717, 1.165) is 0 Å². The van der Waals surface area contributed by atoms with Crippen LogP contribution in [-0.4, -0.2) is 25.9 Å². The van der Waals surface area contributed by atoms with Gasteiger partial charge in [0.2, 0.25) is 0 Å². The summed E-state index contributed by atoms with van der Waals surface area (Å²) in [5.74, 6) is -0.786. The lowest BCUT2D eigenvalue weighted by Gasteiger charge is -2.07. The van der Waals surface area contributed by atoms with Crippen molar-refractivity contribution in [2.24, 2.45) is 0 Å². The molecule has 2 rings (SSSR count). The minimum atomic E-state index is -3.97. The van der Waals surface area contributed by atoms with Crippen LogP contribution in [0.25, 0.3) is 0 Å². The molecule has 124 valence electrons. The molecule has 1 heterocycles. The summed E-state index contributed by atoms with van der Waals surface area (Å²) in [5.41, 5.74) is 0.0362. The second-order valence-electron chi connectivity index (χ2n) is 4.56. The highest BCUT2D eigenvalue weighted by molar-refractivity contribution is 7.90. The molecule has 23 heavy (non-hydrogen) atoms. The van der Waals surface area contributed by atoms with E-state index in [2.05, 4.69) is 4.98 Å². The van der Waals surface area contributed by atoms with Crippen LogP contribution in [-0.2, 0) is 14.8 Å². The minimum Gasteiger partial charge on any atom is -0.372 e. The van der Waals surface area contributed by atoms with Gasteiger partial charge in [0.05, 0.1) is 4.90 Å². The number of carbonyl (C=O) groups is 1. The maximum atomic E-state index is 12.1. The van der Waals surface area contributed by atoms with Crippen LogP contribution in [0.15, 0.2) is 34.5 Å². The number of hydrogen-bond donors (Lipinski definition) is 1. The van der Waals surface area contributed by atoms with E-state index in [-0.39, 0.29) is 16.7 Å². The number of rotatable bonds is 6. The Labute approximate surface area is 143 Å². The SMILES string of the molecule is CCOC(C)c1nc(C(=O)NS(=O)(=O)c2ccc(Cl)cc2)cs1. The summed E-state index contributed by atoms with van der Waals surface area (Å²) in [5, 5.41) is 2.52. The Morgan fingerprint density at radius 2 is 2.04 bits per heavy atom. The van der Waals surface area contributed by atoms with Crippen molar-refractivity contribution < 1.29 is 17.9 Å². The van der Waals surface area contributed by atoms with Gasteiger partial charge < -0.3 is 4.74 Å². The summed E-state index contributed by atoms with van der Waals surface area (Å²) >= 11 is 6.96. The van der Waals surface area contributed by atoms with Crippen molar-refractivity contribution in [3.63, 3.8) is 0 Å². The number of carbonyl (C=O) groups excluding carboxylic acids is 1. The Bertz CT molecular complexity index is 787. The highest BCUT2D eigenvalue weighted by atomic mass is 35.5. The van der Waals surface area contributed by atoms with Gasteiger partial charge in [-0.05, 0) is 38.1 Å². The van der Waals surface area contributed by atoms with Crippen molar-refractivity contribution in [2.45, 2.75) is 24.8 Å². The number of thiazole rings is 1. The average Bonchev–Trinajstić information content (AvgIpc) is 2.97. The van der Waals surface area contributed by atoms with E-state index in [1.165, 1.54) is 41.0 Å². The summed E-state index contributed by atoms with van der Waals surface area (Å²) < 4.78 is 31.7. The molecule has 0 saturated carbocycles. The second kappa shape index (κ2) is 7.39. The fourth-order valence-electron chi connectivity index (χ4n) is 1.75. The molecule has 6 nitrogen and oxygen atoms in total. The van der Waals surface area contributed by atoms with Crippen molar-refractivity contribution in [2.75, 3.05) is 6.61 Å². The highest BCUT2D eigenvalue weighted by Gasteiger charge is 2.21. The largest absolute Gasteiger partial charge is 0.372 e. The zero-order valence-electron chi connectivity index (χ0n) is 12.4. The molecule has 1 unspecified atom stereocenters. The van der Waals surface area contributed by atoms with Gasteiger partial charge >= 0.3 is 0 Å². The average molecular weight is 375 g/mol. The van der Waals surface area contributed by atoms with Crippen LogP contribution >= 0.6 is 22.9 Å². The van der Waals surface area contributed by atoms with E-state index in [4.69, 9.17) is 16.3 Å². The number of nitrogens with zero attached hydrogens (tertiary/aromatic N) is 1. The first-order chi connectivity index (χ1) is 10.8. The molecule has 1 amide bonds. The summed E-state index contributed by atoms with van der Waals surface area (Å²) in [6.45, 7) is 4.19. The van der Waals surface area contributed by atoms with Crippen LogP contribution in [0.4, 0.5) is 0 Å². The van der Waals surface area contributed by atoms with Crippen molar-refractivity contribution >= 4 is 38.9 Å². The number of sulfonamides is 1. The summed E-state index contributed by atoms with van der Waals surface area (Å²) in [6, 6.07) is 5.51. The van der Waals surface area contributed by atoms with Crippen molar-refractivity contribution in [3.8, 4) is 0 Å². The summed E-state index contributed by atoms with van der Waals surface area (Å²) in [7, 11) is -3.97. The molecule has 1 aromatic carbocycles. The normalized spacial score (nSPS) is 12.8. The molecule has 0 saturated heterocycles. The fourth-order valence-corrected chi connectivity index (χ4v) is 3.64. The van der Waals surface area contributed by atoms with Gasteiger partial charge in [0.1, 0.15) is 16.8 Å². The molecule has 0 fully saturated rings. The van der Waals surface area contributed by atoms with E-state index < -0.39 is 15.9 Å². The first-order valence-corrected chi connectivity index (χ1v) is 9.47. The Kier molecular flexibility index (Phi) is 5.74.